The van der Waals surface area contributed by atoms with E-state index in [-0.39, 0.29) is 6.10 Å². The molecule has 5 rings (SSSR count). The van der Waals surface area contributed by atoms with Crippen molar-refractivity contribution >= 4 is 0 Å². The molecule has 0 spiro atoms. The van der Waals surface area contributed by atoms with Crippen LogP contribution in [-0.4, -0.2) is 15.3 Å². The molecule has 0 aromatic heterocycles. The van der Waals surface area contributed by atoms with Gasteiger partial charge in [0.1, 0.15) is 5.75 Å². The van der Waals surface area contributed by atoms with Gasteiger partial charge in [-0.3, -0.25) is 0 Å². The third-order valence-corrected chi connectivity index (χ3v) is 7.16. The molecule has 3 unspecified atom stereocenters. The summed E-state index contributed by atoms with van der Waals surface area (Å²) < 4.78 is 6.35. The molecule has 0 aliphatic heterocycles. The Kier molecular flexibility index (Phi) is 6.67. The number of rotatable bonds is 6. The second-order valence-corrected chi connectivity index (χ2v) is 9.85. The number of aliphatic hydroxyl groups excluding tert-OH is 2. The van der Waals surface area contributed by atoms with E-state index in [9.17, 15) is 15.3 Å². The van der Waals surface area contributed by atoms with Crippen molar-refractivity contribution in [3.63, 3.8) is 0 Å². The normalized spacial score (nSPS) is 17.7. The Balaban J connectivity index is 1.35. The molecule has 4 aromatic rings. The van der Waals surface area contributed by atoms with Gasteiger partial charge in [-0.1, -0.05) is 54.6 Å². The van der Waals surface area contributed by atoms with Crippen molar-refractivity contribution in [1.82, 2.24) is 0 Å². The summed E-state index contributed by atoms with van der Waals surface area (Å²) in [6.07, 6.45) is -0.678. The number of hydrogen-bond acceptors (Lipinski definition) is 4. The first-order valence-corrected chi connectivity index (χ1v) is 12.4. The van der Waals surface area contributed by atoms with Crippen molar-refractivity contribution < 1.29 is 20.1 Å². The second-order valence-electron chi connectivity index (χ2n) is 9.85. The maximum absolute atomic E-state index is 10.7. The fourth-order valence-corrected chi connectivity index (χ4v) is 5.07. The predicted octanol–water partition coefficient (Wildman–Crippen LogP) is 7.09. The number of hydrogen-bond donors (Lipinski definition) is 3. The average molecular weight is 481 g/mol. The van der Waals surface area contributed by atoms with Gasteiger partial charge in [0.2, 0.25) is 0 Å². The third-order valence-electron chi connectivity index (χ3n) is 7.16. The SMILES string of the molecule is Cc1cc(-c2ccc3c(c2)C(OCc2cccc(-c4ccc(C(C)O)cc4)c2)CC3O)cc(C)c1O. The molecule has 4 heteroatoms. The van der Waals surface area contributed by atoms with Crippen LogP contribution in [0.2, 0.25) is 0 Å². The molecule has 4 nitrogen and oxygen atoms in total. The molecule has 1 aliphatic carbocycles. The zero-order valence-corrected chi connectivity index (χ0v) is 20.9. The van der Waals surface area contributed by atoms with Crippen LogP contribution in [0, 0.1) is 13.8 Å². The molecule has 0 saturated carbocycles. The van der Waals surface area contributed by atoms with Gasteiger partial charge in [-0.25, -0.2) is 0 Å². The molecule has 0 amide bonds. The van der Waals surface area contributed by atoms with Crippen LogP contribution in [-0.2, 0) is 11.3 Å². The molecule has 36 heavy (non-hydrogen) atoms. The molecule has 3 N–H and O–H groups in total. The number of aryl methyl sites for hydroxylation is 2. The minimum absolute atomic E-state index is 0.191. The van der Waals surface area contributed by atoms with E-state index in [1.54, 1.807) is 6.92 Å². The lowest BCUT2D eigenvalue weighted by atomic mass is 9.96. The minimum Gasteiger partial charge on any atom is -0.507 e. The van der Waals surface area contributed by atoms with Crippen LogP contribution in [0.1, 0.15) is 65.0 Å². The van der Waals surface area contributed by atoms with Crippen LogP contribution in [0.4, 0.5) is 0 Å². The lowest BCUT2D eigenvalue weighted by Gasteiger charge is -2.15. The number of phenolic OH excluding ortho intramolecular Hbond substituents is 1. The molecule has 3 atom stereocenters. The maximum Gasteiger partial charge on any atom is 0.121 e. The van der Waals surface area contributed by atoms with Crippen LogP contribution in [0.25, 0.3) is 22.3 Å². The molecule has 0 radical (unpaired) electrons. The topological polar surface area (TPSA) is 69.9 Å². The molecule has 184 valence electrons. The summed E-state index contributed by atoms with van der Waals surface area (Å²) >= 11 is 0. The highest BCUT2D eigenvalue weighted by Gasteiger charge is 2.30. The van der Waals surface area contributed by atoms with Crippen LogP contribution < -0.4 is 0 Å². The van der Waals surface area contributed by atoms with Crippen LogP contribution in [0.5, 0.6) is 5.75 Å². The zero-order chi connectivity index (χ0) is 25.4. The Morgan fingerprint density at radius 1 is 0.806 bits per heavy atom. The lowest BCUT2D eigenvalue weighted by Crippen LogP contribution is -2.01. The summed E-state index contributed by atoms with van der Waals surface area (Å²) in [5, 5.41) is 30.6. The van der Waals surface area contributed by atoms with Crippen molar-refractivity contribution in [2.24, 2.45) is 0 Å². The van der Waals surface area contributed by atoms with E-state index >= 15 is 0 Å². The van der Waals surface area contributed by atoms with Gasteiger partial charge in [0.25, 0.3) is 0 Å². The lowest BCUT2D eigenvalue weighted by molar-refractivity contribution is 0.0185. The third kappa shape index (κ3) is 4.80. The first-order chi connectivity index (χ1) is 17.3. The minimum atomic E-state index is -0.541. The Morgan fingerprint density at radius 3 is 2.17 bits per heavy atom. The molecular weight excluding hydrogens is 448 g/mol. The summed E-state index contributed by atoms with van der Waals surface area (Å²) in [7, 11) is 0. The van der Waals surface area contributed by atoms with Crippen LogP contribution in [0.3, 0.4) is 0 Å². The van der Waals surface area contributed by atoms with E-state index in [4.69, 9.17) is 4.74 Å². The van der Waals surface area contributed by atoms with E-state index in [0.29, 0.717) is 18.8 Å². The Bertz CT molecular complexity index is 1360. The summed E-state index contributed by atoms with van der Waals surface area (Å²) in [5.74, 6) is 0.331. The highest BCUT2D eigenvalue weighted by atomic mass is 16.5. The van der Waals surface area contributed by atoms with Crippen molar-refractivity contribution in [3.8, 4) is 28.0 Å². The first-order valence-electron chi connectivity index (χ1n) is 12.4. The predicted molar refractivity (Wildman–Crippen MR) is 143 cm³/mol. The number of fused-ring (bicyclic) bond motifs is 1. The Labute approximate surface area is 212 Å². The summed E-state index contributed by atoms with van der Waals surface area (Å²) in [6.45, 7) is 6.02. The van der Waals surface area contributed by atoms with Gasteiger partial charge in [0.15, 0.2) is 0 Å². The van der Waals surface area contributed by atoms with E-state index in [1.165, 1.54) is 0 Å². The van der Waals surface area contributed by atoms with Gasteiger partial charge in [-0.05, 0) is 101 Å². The molecule has 4 aromatic carbocycles. The van der Waals surface area contributed by atoms with E-state index < -0.39 is 12.2 Å². The monoisotopic (exact) mass is 480 g/mol. The Morgan fingerprint density at radius 2 is 1.47 bits per heavy atom. The molecule has 1 aliphatic rings. The van der Waals surface area contributed by atoms with Gasteiger partial charge in [-0.2, -0.15) is 0 Å². The number of aromatic hydroxyl groups is 1. The summed E-state index contributed by atoms with van der Waals surface area (Å²) in [4.78, 5) is 0. The fraction of sp³-hybridized carbons (Fsp3) is 0.250. The van der Waals surface area contributed by atoms with Crippen molar-refractivity contribution in [2.75, 3.05) is 0 Å². The summed E-state index contributed by atoms with van der Waals surface area (Å²) in [5.41, 5.74) is 9.87. The molecule has 0 saturated heterocycles. The number of aliphatic hydroxyl groups is 2. The molecule has 0 heterocycles. The quantitative estimate of drug-likeness (QED) is 0.275. The van der Waals surface area contributed by atoms with Gasteiger partial charge in [0.05, 0.1) is 24.9 Å². The van der Waals surface area contributed by atoms with Crippen molar-refractivity contribution in [1.29, 1.82) is 0 Å². The standard InChI is InChI=1S/C32H32O4/c1-19-13-27(14-20(2)32(19)35)26-11-12-28-29(16-26)31(17-30(28)34)36-18-22-5-4-6-25(15-22)24-9-7-23(8-10-24)21(3)33/h4-16,21,30-31,33-35H,17-18H2,1-3H3. The number of phenols is 1. The number of ether oxygens (including phenoxy) is 1. The molecular formula is C32H32O4. The second kappa shape index (κ2) is 9.90. The fourth-order valence-electron chi connectivity index (χ4n) is 5.07. The van der Waals surface area contributed by atoms with Gasteiger partial charge >= 0.3 is 0 Å². The van der Waals surface area contributed by atoms with E-state index in [1.807, 2.05) is 68.4 Å². The smallest absolute Gasteiger partial charge is 0.121 e. The van der Waals surface area contributed by atoms with Crippen molar-refractivity contribution in [2.45, 2.75) is 52.1 Å². The van der Waals surface area contributed by atoms with Gasteiger partial charge < -0.3 is 20.1 Å². The van der Waals surface area contributed by atoms with E-state index in [2.05, 4.69) is 24.3 Å². The van der Waals surface area contributed by atoms with Crippen LogP contribution in [0.15, 0.2) is 78.9 Å². The van der Waals surface area contributed by atoms with Gasteiger partial charge in [0, 0.05) is 6.42 Å². The van der Waals surface area contributed by atoms with Gasteiger partial charge in [-0.15, -0.1) is 0 Å². The highest BCUT2D eigenvalue weighted by Crippen LogP contribution is 2.43. The van der Waals surface area contributed by atoms with Crippen molar-refractivity contribution in [3.05, 3.63) is 112 Å². The molecule has 0 fully saturated rings. The first kappa shape index (κ1) is 24.3. The Hall–Kier alpha value is -3.44. The zero-order valence-electron chi connectivity index (χ0n) is 20.9. The molecule has 0 bridgehead atoms. The number of benzene rings is 4. The van der Waals surface area contributed by atoms with Crippen LogP contribution >= 0.6 is 0 Å². The maximum atomic E-state index is 10.7. The average Bonchev–Trinajstić information content (AvgIpc) is 3.20. The largest absolute Gasteiger partial charge is 0.507 e. The summed E-state index contributed by atoms with van der Waals surface area (Å²) in [6, 6.07) is 26.4. The highest BCUT2D eigenvalue weighted by molar-refractivity contribution is 5.69. The van der Waals surface area contributed by atoms with E-state index in [0.717, 1.165) is 55.6 Å².